The second kappa shape index (κ2) is 8.83. The minimum Gasteiger partial charge on any atom is -0.454 e. The van der Waals surface area contributed by atoms with Crippen LogP contribution < -0.4 is 26.0 Å². The highest BCUT2D eigenvalue weighted by molar-refractivity contribution is 7.17. The molecule has 1 amide bonds. The quantitative estimate of drug-likeness (QED) is 0.461. The molecule has 1 aliphatic rings. The summed E-state index contributed by atoms with van der Waals surface area (Å²) in [5.41, 5.74) is 3.56. The van der Waals surface area contributed by atoms with E-state index in [0.717, 1.165) is 22.3 Å². The predicted octanol–water partition coefficient (Wildman–Crippen LogP) is 2.93. The first kappa shape index (κ1) is 22.0. The Bertz CT molecular complexity index is 1530. The largest absolute Gasteiger partial charge is 0.454 e. The van der Waals surface area contributed by atoms with Crippen molar-refractivity contribution in [1.29, 1.82) is 0 Å². The molecule has 0 spiro atoms. The number of nitrogens with zero attached hydrogens (tertiary/aromatic N) is 2. The van der Waals surface area contributed by atoms with Crippen molar-refractivity contribution in [2.24, 2.45) is 0 Å². The monoisotopic (exact) mass is 477 g/mol. The van der Waals surface area contributed by atoms with Crippen LogP contribution in [0.2, 0.25) is 0 Å². The molecule has 174 valence electrons. The van der Waals surface area contributed by atoms with Crippen LogP contribution in [-0.4, -0.2) is 21.8 Å². The second-order valence-corrected chi connectivity index (χ2v) is 9.19. The highest BCUT2D eigenvalue weighted by Gasteiger charge is 2.18. The molecule has 0 aliphatic carbocycles. The third-order valence-corrected chi connectivity index (χ3v) is 6.87. The van der Waals surface area contributed by atoms with Gasteiger partial charge in [-0.05, 0) is 59.7 Å². The molecule has 5 rings (SSSR count). The number of nitrogens with one attached hydrogen (secondary N) is 1. The van der Waals surface area contributed by atoms with Crippen LogP contribution in [0.1, 0.15) is 22.3 Å². The molecule has 2 aromatic heterocycles. The SMILES string of the molecule is Cc1ccc(Cn2c(=O)c3sccc3n(CC(=O)NCc3ccc4c(c3)OCO4)c2=O)cc1C. The van der Waals surface area contributed by atoms with Crippen molar-refractivity contribution in [3.8, 4) is 11.5 Å². The number of benzene rings is 2. The van der Waals surface area contributed by atoms with E-state index in [4.69, 9.17) is 9.47 Å². The standard InChI is InChI=1S/C25H23N3O5S/c1-15-3-4-18(9-16(15)2)12-28-24(30)23-19(7-8-34-23)27(25(28)31)13-22(29)26-11-17-5-6-20-21(10-17)33-14-32-20/h3-10H,11-14H2,1-2H3,(H,26,29). The molecule has 0 fully saturated rings. The van der Waals surface area contributed by atoms with Gasteiger partial charge in [0.05, 0.1) is 12.1 Å². The maximum absolute atomic E-state index is 13.3. The third-order valence-electron chi connectivity index (χ3n) is 5.98. The maximum Gasteiger partial charge on any atom is 0.332 e. The summed E-state index contributed by atoms with van der Waals surface area (Å²) in [4.78, 5) is 39.1. The van der Waals surface area contributed by atoms with Gasteiger partial charge in [-0.25, -0.2) is 4.79 Å². The summed E-state index contributed by atoms with van der Waals surface area (Å²) in [6.45, 7) is 4.42. The van der Waals surface area contributed by atoms with Gasteiger partial charge in [-0.15, -0.1) is 11.3 Å². The minimum atomic E-state index is -0.507. The van der Waals surface area contributed by atoms with Crippen LogP contribution in [0.5, 0.6) is 11.5 Å². The maximum atomic E-state index is 13.3. The topological polar surface area (TPSA) is 91.6 Å². The van der Waals surface area contributed by atoms with E-state index in [1.165, 1.54) is 20.5 Å². The van der Waals surface area contributed by atoms with E-state index in [-0.39, 0.29) is 37.9 Å². The van der Waals surface area contributed by atoms with Crippen LogP contribution in [0.15, 0.2) is 57.4 Å². The molecule has 0 unspecified atom stereocenters. The van der Waals surface area contributed by atoms with Crippen molar-refractivity contribution >= 4 is 27.5 Å². The van der Waals surface area contributed by atoms with Crippen LogP contribution in [-0.2, 0) is 24.4 Å². The van der Waals surface area contributed by atoms with Crippen molar-refractivity contribution in [2.75, 3.05) is 6.79 Å². The van der Waals surface area contributed by atoms with Gasteiger partial charge >= 0.3 is 5.69 Å². The van der Waals surface area contributed by atoms with Crippen molar-refractivity contribution < 1.29 is 14.3 Å². The van der Waals surface area contributed by atoms with E-state index in [2.05, 4.69) is 5.32 Å². The van der Waals surface area contributed by atoms with E-state index in [9.17, 15) is 14.4 Å². The molecule has 9 heteroatoms. The molecule has 4 aromatic rings. The van der Waals surface area contributed by atoms with Gasteiger partial charge < -0.3 is 14.8 Å². The number of amides is 1. The zero-order valence-corrected chi connectivity index (χ0v) is 19.6. The van der Waals surface area contributed by atoms with Crippen LogP contribution in [0.3, 0.4) is 0 Å². The Hall–Kier alpha value is -3.85. The fraction of sp³-hybridized carbons (Fsp3) is 0.240. The van der Waals surface area contributed by atoms with E-state index in [1.54, 1.807) is 17.5 Å². The van der Waals surface area contributed by atoms with Crippen molar-refractivity contribution in [3.05, 3.63) is 90.9 Å². The molecule has 0 atom stereocenters. The lowest BCUT2D eigenvalue weighted by atomic mass is 10.1. The molecule has 0 radical (unpaired) electrons. The van der Waals surface area contributed by atoms with Gasteiger partial charge in [-0.2, -0.15) is 0 Å². The zero-order valence-electron chi connectivity index (χ0n) is 18.8. The van der Waals surface area contributed by atoms with E-state index in [1.807, 2.05) is 44.2 Å². The van der Waals surface area contributed by atoms with E-state index in [0.29, 0.717) is 21.7 Å². The van der Waals surface area contributed by atoms with Crippen molar-refractivity contribution in [1.82, 2.24) is 14.5 Å². The number of hydrogen-bond donors (Lipinski definition) is 1. The van der Waals surface area contributed by atoms with Crippen molar-refractivity contribution in [3.63, 3.8) is 0 Å². The van der Waals surface area contributed by atoms with E-state index >= 15 is 0 Å². The lowest BCUT2D eigenvalue weighted by Crippen LogP contribution is -2.42. The first-order valence-electron chi connectivity index (χ1n) is 10.8. The molecule has 2 aromatic carbocycles. The van der Waals surface area contributed by atoms with Gasteiger partial charge in [-0.1, -0.05) is 24.3 Å². The Kier molecular flexibility index (Phi) is 5.70. The lowest BCUT2D eigenvalue weighted by Gasteiger charge is -2.13. The number of carbonyl (C=O) groups excluding carboxylic acids is 1. The number of hydrogen-bond acceptors (Lipinski definition) is 6. The summed E-state index contributed by atoms with van der Waals surface area (Å²) in [7, 11) is 0. The highest BCUT2D eigenvalue weighted by Crippen LogP contribution is 2.32. The molecular formula is C25H23N3O5S. The first-order chi connectivity index (χ1) is 16.4. The van der Waals surface area contributed by atoms with Crippen molar-refractivity contribution in [2.45, 2.75) is 33.5 Å². The summed E-state index contributed by atoms with van der Waals surface area (Å²) < 4.78 is 13.7. The van der Waals surface area contributed by atoms with Gasteiger partial charge in [0.15, 0.2) is 11.5 Å². The van der Waals surface area contributed by atoms with Crippen LogP contribution in [0, 0.1) is 13.8 Å². The lowest BCUT2D eigenvalue weighted by molar-refractivity contribution is -0.121. The van der Waals surface area contributed by atoms with Crippen LogP contribution in [0.25, 0.3) is 10.2 Å². The third kappa shape index (κ3) is 4.10. The fourth-order valence-electron chi connectivity index (χ4n) is 3.96. The number of ether oxygens (including phenoxy) is 2. The number of aromatic nitrogens is 2. The number of thiophene rings is 1. The summed E-state index contributed by atoms with van der Waals surface area (Å²) in [6.07, 6.45) is 0. The number of rotatable bonds is 6. The average Bonchev–Trinajstić information content (AvgIpc) is 3.50. The molecule has 0 bridgehead atoms. The molecule has 8 nitrogen and oxygen atoms in total. The minimum absolute atomic E-state index is 0.144. The molecule has 1 aliphatic heterocycles. The Labute approximate surface area is 199 Å². The number of carbonyl (C=O) groups is 1. The highest BCUT2D eigenvalue weighted by atomic mass is 32.1. The smallest absolute Gasteiger partial charge is 0.332 e. The van der Waals surface area contributed by atoms with Gasteiger partial charge in [0.1, 0.15) is 11.2 Å². The molecule has 0 saturated carbocycles. The molecule has 3 heterocycles. The Balaban J connectivity index is 1.40. The first-order valence-corrected chi connectivity index (χ1v) is 11.7. The molecular weight excluding hydrogens is 454 g/mol. The zero-order chi connectivity index (χ0) is 23.8. The summed E-state index contributed by atoms with van der Waals surface area (Å²) in [5.74, 6) is 0.984. The van der Waals surface area contributed by atoms with Crippen LogP contribution >= 0.6 is 11.3 Å². The normalized spacial score (nSPS) is 12.3. The van der Waals surface area contributed by atoms with Gasteiger partial charge in [0.2, 0.25) is 12.7 Å². The summed E-state index contributed by atoms with van der Waals surface area (Å²) >= 11 is 1.27. The summed E-state index contributed by atoms with van der Waals surface area (Å²) in [6, 6.07) is 13.0. The average molecular weight is 478 g/mol. The second-order valence-electron chi connectivity index (χ2n) is 8.28. The van der Waals surface area contributed by atoms with Crippen LogP contribution in [0.4, 0.5) is 0 Å². The van der Waals surface area contributed by atoms with E-state index < -0.39 is 5.69 Å². The van der Waals surface area contributed by atoms with Gasteiger partial charge in [-0.3, -0.25) is 18.7 Å². The number of aryl methyl sites for hydroxylation is 2. The fourth-order valence-corrected chi connectivity index (χ4v) is 4.80. The predicted molar refractivity (Wildman–Crippen MR) is 130 cm³/mol. The molecule has 34 heavy (non-hydrogen) atoms. The molecule has 1 N–H and O–H groups in total. The Morgan fingerprint density at radius 3 is 2.59 bits per heavy atom. The Morgan fingerprint density at radius 1 is 0.971 bits per heavy atom. The molecule has 0 saturated heterocycles. The Morgan fingerprint density at radius 2 is 1.76 bits per heavy atom. The van der Waals surface area contributed by atoms with Gasteiger partial charge in [0.25, 0.3) is 5.56 Å². The summed E-state index contributed by atoms with van der Waals surface area (Å²) in [5, 5.41) is 4.60. The number of fused-ring (bicyclic) bond motifs is 2. The van der Waals surface area contributed by atoms with Gasteiger partial charge in [0, 0.05) is 6.54 Å².